The van der Waals surface area contributed by atoms with Crippen LogP contribution in [0.15, 0.2) is 40.4 Å². The third-order valence-electron chi connectivity index (χ3n) is 3.87. The van der Waals surface area contributed by atoms with E-state index in [0.717, 1.165) is 30.1 Å². The van der Waals surface area contributed by atoms with Gasteiger partial charge in [0, 0.05) is 44.2 Å². The normalized spacial score (nSPS) is 12.2. The molecule has 0 unspecified atom stereocenters. The number of guanidine groups is 1. The van der Waals surface area contributed by atoms with Gasteiger partial charge in [-0.3, -0.25) is 0 Å². The van der Waals surface area contributed by atoms with Crippen LogP contribution in [-0.4, -0.2) is 52.7 Å². The maximum Gasteiger partial charge on any atom is 0.240 e. The largest absolute Gasteiger partial charge is 0.383 e. The van der Waals surface area contributed by atoms with Crippen molar-refractivity contribution in [1.82, 2.24) is 20.3 Å². The van der Waals surface area contributed by atoms with E-state index >= 15 is 0 Å². The molecule has 1 heterocycles. The minimum absolute atomic E-state index is 0.221. The number of methoxy groups -OCH3 is 1. The van der Waals surface area contributed by atoms with Gasteiger partial charge in [0.2, 0.25) is 10.0 Å². The number of aryl methyl sites for hydroxylation is 1. The monoisotopic (exact) mass is 439 g/mol. The molecule has 160 valence electrons. The number of ether oxygens (including phenoxy) is 1. The van der Waals surface area contributed by atoms with Crippen LogP contribution in [-0.2, 0) is 27.7 Å². The third-order valence-corrected chi connectivity index (χ3v) is 6.30. The summed E-state index contributed by atoms with van der Waals surface area (Å²) in [6.45, 7) is 6.42. The van der Waals surface area contributed by atoms with Gasteiger partial charge in [0.05, 0.1) is 23.1 Å². The Labute approximate surface area is 176 Å². The molecule has 0 radical (unpaired) electrons. The molecule has 1 aromatic heterocycles. The molecule has 0 spiro atoms. The van der Waals surface area contributed by atoms with Crippen LogP contribution in [0.5, 0.6) is 0 Å². The molecular formula is C19H29N5O3S2. The number of hydrogen-bond donors (Lipinski definition) is 3. The SMILES string of the molecule is CCNC(=NCc1cccc(S(=O)(=O)NCCOC)c1)NCCc1ncc(C)s1. The van der Waals surface area contributed by atoms with Gasteiger partial charge < -0.3 is 15.4 Å². The van der Waals surface area contributed by atoms with Gasteiger partial charge in [-0.1, -0.05) is 12.1 Å². The summed E-state index contributed by atoms with van der Waals surface area (Å²) in [5.41, 5.74) is 0.812. The Bertz CT molecular complexity index is 897. The lowest BCUT2D eigenvalue weighted by atomic mass is 10.2. The maximum absolute atomic E-state index is 12.3. The summed E-state index contributed by atoms with van der Waals surface area (Å²) in [7, 11) is -2.03. The van der Waals surface area contributed by atoms with E-state index in [1.807, 2.05) is 26.1 Å². The van der Waals surface area contributed by atoms with Crippen LogP contribution in [0.4, 0.5) is 0 Å². The van der Waals surface area contributed by atoms with Crippen molar-refractivity contribution in [2.24, 2.45) is 4.99 Å². The van der Waals surface area contributed by atoms with Gasteiger partial charge in [-0.25, -0.2) is 23.1 Å². The summed E-state index contributed by atoms with van der Waals surface area (Å²) in [5.74, 6) is 0.687. The van der Waals surface area contributed by atoms with Crippen molar-refractivity contribution in [3.05, 3.63) is 45.9 Å². The molecule has 0 aliphatic carbocycles. The van der Waals surface area contributed by atoms with Crippen LogP contribution >= 0.6 is 11.3 Å². The highest BCUT2D eigenvalue weighted by Gasteiger charge is 2.13. The van der Waals surface area contributed by atoms with Crippen LogP contribution in [0.25, 0.3) is 0 Å². The first kappa shape index (κ1) is 23.3. The fraction of sp³-hybridized carbons (Fsp3) is 0.474. The molecule has 29 heavy (non-hydrogen) atoms. The molecule has 0 aliphatic heterocycles. The highest BCUT2D eigenvalue weighted by Crippen LogP contribution is 2.13. The highest BCUT2D eigenvalue weighted by atomic mass is 32.2. The van der Waals surface area contributed by atoms with Crippen LogP contribution in [0.2, 0.25) is 0 Å². The number of thiazole rings is 1. The first-order valence-electron chi connectivity index (χ1n) is 9.45. The van der Waals surface area contributed by atoms with Crippen molar-refractivity contribution in [2.45, 2.75) is 31.7 Å². The number of nitrogens with zero attached hydrogens (tertiary/aromatic N) is 2. The zero-order valence-electron chi connectivity index (χ0n) is 17.1. The zero-order chi connectivity index (χ0) is 21.1. The quantitative estimate of drug-likeness (QED) is 0.280. The summed E-state index contributed by atoms with van der Waals surface area (Å²) < 4.78 is 32.1. The van der Waals surface area contributed by atoms with E-state index in [0.29, 0.717) is 19.1 Å². The minimum Gasteiger partial charge on any atom is -0.383 e. The Morgan fingerprint density at radius 1 is 1.28 bits per heavy atom. The molecule has 0 bridgehead atoms. The predicted molar refractivity (Wildman–Crippen MR) is 117 cm³/mol. The van der Waals surface area contributed by atoms with E-state index < -0.39 is 10.0 Å². The van der Waals surface area contributed by atoms with E-state index in [2.05, 4.69) is 25.3 Å². The average Bonchev–Trinajstić information content (AvgIpc) is 3.11. The number of rotatable bonds is 11. The number of aliphatic imine (C=N–C) groups is 1. The molecule has 3 N–H and O–H groups in total. The molecule has 0 saturated carbocycles. The Balaban J connectivity index is 1.97. The first-order chi connectivity index (χ1) is 13.9. The summed E-state index contributed by atoms with van der Waals surface area (Å²) in [4.78, 5) is 10.3. The van der Waals surface area contributed by atoms with Crippen molar-refractivity contribution in [2.75, 3.05) is 33.4 Å². The second-order valence-electron chi connectivity index (χ2n) is 6.27. The van der Waals surface area contributed by atoms with Crippen LogP contribution in [0, 0.1) is 6.92 Å². The summed E-state index contributed by atoms with van der Waals surface area (Å²) in [6, 6.07) is 6.79. The van der Waals surface area contributed by atoms with Crippen molar-refractivity contribution < 1.29 is 13.2 Å². The first-order valence-corrected chi connectivity index (χ1v) is 11.8. The smallest absolute Gasteiger partial charge is 0.240 e. The van der Waals surface area contributed by atoms with Crippen molar-refractivity contribution in [1.29, 1.82) is 0 Å². The minimum atomic E-state index is -3.56. The van der Waals surface area contributed by atoms with E-state index in [1.54, 1.807) is 29.5 Å². The fourth-order valence-corrected chi connectivity index (χ4v) is 4.36. The van der Waals surface area contributed by atoms with Gasteiger partial charge in [-0.05, 0) is 31.5 Å². The molecule has 2 aromatic rings. The summed E-state index contributed by atoms with van der Waals surface area (Å²) in [6.07, 6.45) is 2.70. The second kappa shape index (κ2) is 11.9. The third kappa shape index (κ3) is 8.09. The standard InChI is InChI=1S/C19H29N5O3S2/c1-4-20-19(21-9-8-18-22-13-15(2)28-18)23-14-16-6-5-7-17(12-16)29(25,26)24-10-11-27-3/h5-7,12-13,24H,4,8-11,14H2,1-3H3,(H2,20,21,23). The van der Waals surface area contributed by atoms with Crippen LogP contribution in [0.1, 0.15) is 22.4 Å². The average molecular weight is 440 g/mol. The van der Waals surface area contributed by atoms with E-state index in [9.17, 15) is 8.42 Å². The molecule has 2 rings (SSSR count). The molecule has 1 aromatic carbocycles. The van der Waals surface area contributed by atoms with Crippen molar-refractivity contribution in [3.63, 3.8) is 0 Å². The molecule has 0 amide bonds. The molecular weight excluding hydrogens is 410 g/mol. The van der Waals surface area contributed by atoms with Gasteiger partial charge in [0.15, 0.2) is 5.96 Å². The fourth-order valence-electron chi connectivity index (χ4n) is 2.49. The van der Waals surface area contributed by atoms with Crippen molar-refractivity contribution in [3.8, 4) is 0 Å². The van der Waals surface area contributed by atoms with E-state index in [-0.39, 0.29) is 11.4 Å². The molecule has 0 fully saturated rings. The lowest BCUT2D eigenvalue weighted by Crippen LogP contribution is -2.38. The number of aromatic nitrogens is 1. The number of benzene rings is 1. The van der Waals surface area contributed by atoms with Gasteiger partial charge in [0.1, 0.15) is 0 Å². The lowest BCUT2D eigenvalue weighted by Gasteiger charge is -2.11. The molecule has 10 heteroatoms. The molecule has 0 aliphatic rings. The van der Waals surface area contributed by atoms with Gasteiger partial charge in [-0.2, -0.15) is 0 Å². The van der Waals surface area contributed by atoms with Crippen molar-refractivity contribution >= 4 is 27.3 Å². The summed E-state index contributed by atoms with van der Waals surface area (Å²) >= 11 is 1.69. The topological polar surface area (TPSA) is 105 Å². The predicted octanol–water partition coefficient (Wildman–Crippen LogP) is 1.67. The van der Waals surface area contributed by atoms with Crippen LogP contribution in [0.3, 0.4) is 0 Å². The highest BCUT2D eigenvalue weighted by molar-refractivity contribution is 7.89. The van der Waals surface area contributed by atoms with Gasteiger partial charge >= 0.3 is 0 Å². The van der Waals surface area contributed by atoms with Gasteiger partial charge in [0.25, 0.3) is 0 Å². The van der Waals surface area contributed by atoms with Gasteiger partial charge in [-0.15, -0.1) is 11.3 Å². The Kier molecular flexibility index (Phi) is 9.52. The Hall–Kier alpha value is -2.01. The summed E-state index contributed by atoms with van der Waals surface area (Å²) in [5, 5.41) is 7.58. The molecule has 0 atom stereocenters. The zero-order valence-corrected chi connectivity index (χ0v) is 18.7. The number of sulfonamides is 1. The maximum atomic E-state index is 12.3. The van der Waals surface area contributed by atoms with E-state index in [4.69, 9.17) is 4.74 Å². The Morgan fingerprint density at radius 2 is 2.10 bits per heavy atom. The second-order valence-corrected chi connectivity index (χ2v) is 9.36. The van der Waals surface area contributed by atoms with E-state index in [1.165, 1.54) is 12.0 Å². The van der Waals surface area contributed by atoms with Crippen LogP contribution < -0.4 is 15.4 Å². The lowest BCUT2D eigenvalue weighted by molar-refractivity contribution is 0.204. The molecule has 0 saturated heterocycles. The number of nitrogens with one attached hydrogen (secondary N) is 3. The Morgan fingerprint density at radius 3 is 2.79 bits per heavy atom. The number of hydrogen-bond acceptors (Lipinski definition) is 6. The molecule has 8 nitrogen and oxygen atoms in total.